The molecule has 8 heteroatoms. The average molecular weight is 393 g/mol. The molecule has 0 unspecified atom stereocenters. The van der Waals surface area contributed by atoms with Crippen LogP contribution in [-0.2, 0) is 0 Å². The third kappa shape index (κ3) is 4.00. The number of aromatic nitrogens is 3. The molecule has 1 aromatic carbocycles. The monoisotopic (exact) mass is 392 g/mol. The maximum absolute atomic E-state index is 5.89. The number of halogens is 1. The third-order valence-electron chi connectivity index (χ3n) is 3.68. The fraction of sp³-hybridized carbons (Fsp3) is 0.375. The van der Waals surface area contributed by atoms with Gasteiger partial charge in [-0.15, -0.1) is 0 Å². The summed E-state index contributed by atoms with van der Waals surface area (Å²) in [4.78, 5) is 6.35. The SMILES string of the molecule is CCCCNC1=C(c2ncn[nH]2)NCN1COc1ccc(Br)cc1. The number of nitrogens with one attached hydrogen (secondary N) is 3. The Morgan fingerprint density at radius 3 is 2.88 bits per heavy atom. The average Bonchev–Trinajstić information content (AvgIpc) is 3.24. The van der Waals surface area contributed by atoms with Crippen LogP contribution in [0, 0.1) is 0 Å². The van der Waals surface area contributed by atoms with E-state index >= 15 is 0 Å². The maximum Gasteiger partial charge on any atom is 0.175 e. The fourth-order valence-corrected chi connectivity index (χ4v) is 2.66. The van der Waals surface area contributed by atoms with Crippen LogP contribution in [0.4, 0.5) is 0 Å². The van der Waals surface area contributed by atoms with E-state index in [2.05, 4.69) is 53.6 Å². The second-order valence-electron chi connectivity index (χ2n) is 5.44. The Morgan fingerprint density at radius 1 is 1.33 bits per heavy atom. The number of H-pyrrole nitrogens is 1. The van der Waals surface area contributed by atoms with Gasteiger partial charge in [0.2, 0.25) is 0 Å². The lowest BCUT2D eigenvalue weighted by Crippen LogP contribution is -2.33. The molecule has 0 atom stereocenters. The highest BCUT2D eigenvalue weighted by molar-refractivity contribution is 9.10. The first-order valence-electron chi connectivity index (χ1n) is 7.99. The van der Waals surface area contributed by atoms with Gasteiger partial charge in [-0.2, -0.15) is 5.10 Å². The molecule has 24 heavy (non-hydrogen) atoms. The summed E-state index contributed by atoms with van der Waals surface area (Å²) in [5.41, 5.74) is 0.919. The highest BCUT2D eigenvalue weighted by atomic mass is 79.9. The Hall–Kier alpha value is -2.22. The van der Waals surface area contributed by atoms with Crippen LogP contribution in [-0.4, -0.2) is 40.0 Å². The van der Waals surface area contributed by atoms with Gasteiger partial charge in [0.15, 0.2) is 12.6 Å². The molecule has 1 aliphatic rings. The van der Waals surface area contributed by atoms with Crippen LogP contribution in [0.3, 0.4) is 0 Å². The summed E-state index contributed by atoms with van der Waals surface area (Å²) in [6.07, 6.45) is 3.75. The highest BCUT2D eigenvalue weighted by Crippen LogP contribution is 2.21. The van der Waals surface area contributed by atoms with Crippen molar-refractivity contribution in [2.24, 2.45) is 0 Å². The third-order valence-corrected chi connectivity index (χ3v) is 4.20. The fourth-order valence-electron chi connectivity index (χ4n) is 2.39. The van der Waals surface area contributed by atoms with E-state index in [9.17, 15) is 0 Å². The zero-order valence-corrected chi connectivity index (χ0v) is 15.1. The molecule has 0 saturated carbocycles. The van der Waals surface area contributed by atoms with Crippen molar-refractivity contribution in [3.05, 3.63) is 46.7 Å². The van der Waals surface area contributed by atoms with Gasteiger partial charge in [-0.1, -0.05) is 29.3 Å². The van der Waals surface area contributed by atoms with E-state index in [1.165, 1.54) is 6.33 Å². The summed E-state index contributed by atoms with van der Waals surface area (Å²) in [6.45, 7) is 4.18. The summed E-state index contributed by atoms with van der Waals surface area (Å²) < 4.78 is 6.93. The highest BCUT2D eigenvalue weighted by Gasteiger charge is 2.25. The van der Waals surface area contributed by atoms with Crippen molar-refractivity contribution in [2.75, 3.05) is 19.9 Å². The number of ether oxygens (including phenoxy) is 1. The minimum Gasteiger partial charge on any atom is -0.473 e. The van der Waals surface area contributed by atoms with E-state index in [1.807, 2.05) is 24.3 Å². The molecule has 7 nitrogen and oxygen atoms in total. The molecule has 0 saturated heterocycles. The Kier molecular flexibility index (Phi) is 5.58. The van der Waals surface area contributed by atoms with E-state index in [4.69, 9.17) is 4.74 Å². The Morgan fingerprint density at radius 2 is 2.17 bits per heavy atom. The van der Waals surface area contributed by atoms with Gasteiger partial charge in [-0.05, 0) is 30.7 Å². The topological polar surface area (TPSA) is 78.1 Å². The predicted octanol–water partition coefficient (Wildman–Crippen LogP) is 2.48. The number of benzene rings is 1. The molecule has 128 valence electrons. The molecule has 0 aliphatic carbocycles. The van der Waals surface area contributed by atoms with Crippen molar-refractivity contribution in [1.82, 2.24) is 30.7 Å². The molecule has 2 aromatic rings. The van der Waals surface area contributed by atoms with Crippen LogP contribution >= 0.6 is 15.9 Å². The van der Waals surface area contributed by atoms with E-state index in [-0.39, 0.29) is 0 Å². The largest absolute Gasteiger partial charge is 0.473 e. The standard InChI is InChI=1S/C16H21BrN6O/c1-2-3-8-18-16-14(15-19-9-21-22-15)20-10-23(16)11-24-13-6-4-12(17)5-7-13/h4-7,9,18,20H,2-3,8,10-11H2,1H3,(H,19,21,22). The zero-order valence-electron chi connectivity index (χ0n) is 13.6. The Balaban J connectivity index is 1.70. The molecule has 2 heterocycles. The minimum atomic E-state index is 0.445. The molecular formula is C16H21BrN6O. The van der Waals surface area contributed by atoms with Gasteiger partial charge in [0.25, 0.3) is 0 Å². The quantitative estimate of drug-likeness (QED) is 0.599. The number of hydrogen-bond acceptors (Lipinski definition) is 6. The Bertz CT molecular complexity index is 670. The van der Waals surface area contributed by atoms with E-state index in [0.29, 0.717) is 13.4 Å². The minimum absolute atomic E-state index is 0.445. The lowest BCUT2D eigenvalue weighted by molar-refractivity contribution is 0.159. The molecule has 0 spiro atoms. The van der Waals surface area contributed by atoms with Gasteiger partial charge in [0.05, 0.1) is 6.67 Å². The van der Waals surface area contributed by atoms with Crippen molar-refractivity contribution in [2.45, 2.75) is 19.8 Å². The predicted molar refractivity (Wildman–Crippen MR) is 95.7 cm³/mol. The van der Waals surface area contributed by atoms with Crippen molar-refractivity contribution in [3.8, 4) is 5.75 Å². The summed E-state index contributed by atoms with van der Waals surface area (Å²) in [6, 6.07) is 7.82. The first-order valence-corrected chi connectivity index (χ1v) is 8.78. The van der Waals surface area contributed by atoms with E-state index in [1.54, 1.807) is 0 Å². The molecule has 1 aromatic heterocycles. The van der Waals surface area contributed by atoms with Gasteiger partial charge < -0.3 is 20.3 Å². The van der Waals surface area contributed by atoms with Crippen LogP contribution in [0.5, 0.6) is 5.75 Å². The van der Waals surface area contributed by atoms with Gasteiger partial charge in [-0.3, -0.25) is 5.10 Å². The number of nitrogens with zero attached hydrogens (tertiary/aromatic N) is 3. The van der Waals surface area contributed by atoms with Crippen LogP contribution < -0.4 is 15.4 Å². The number of aromatic amines is 1. The molecule has 0 bridgehead atoms. The zero-order chi connectivity index (χ0) is 16.8. The second kappa shape index (κ2) is 8.05. The van der Waals surface area contributed by atoms with Crippen LogP contribution in [0.1, 0.15) is 25.6 Å². The van der Waals surface area contributed by atoms with Gasteiger partial charge in [-0.25, -0.2) is 4.98 Å². The van der Waals surface area contributed by atoms with Crippen LogP contribution in [0.25, 0.3) is 5.70 Å². The molecular weight excluding hydrogens is 372 g/mol. The molecule has 3 rings (SSSR count). The van der Waals surface area contributed by atoms with E-state index < -0.39 is 0 Å². The molecule has 1 aliphatic heterocycles. The van der Waals surface area contributed by atoms with Crippen molar-refractivity contribution >= 4 is 21.6 Å². The van der Waals surface area contributed by atoms with Crippen molar-refractivity contribution in [3.63, 3.8) is 0 Å². The summed E-state index contributed by atoms with van der Waals surface area (Å²) in [5, 5.41) is 13.7. The first-order chi connectivity index (χ1) is 11.8. The van der Waals surface area contributed by atoms with Crippen LogP contribution in [0.15, 0.2) is 40.9 Å². The normalized spacial score (nSPS) is 14.0. The second-order valence-corrected chi connectivity index (χ2v) is 6.36. The van der Waals surface area contributed by atoms with Gasteiger partial charge in [0, 0.05) is 11.0 Å². The lowest BCUT2D eigenvalue weighted by atomic mass is 10.3. The van der Waals surface area contributed by atoms with Crippen molar-refractivity contribution in [1.29, 1.82) is 0 Å². The van der Waals surface area contributed by atoms with E-state index in [0.717, 1.165) is 47.0 Å². The first kappa shape index (κ1) is 16.6. The smallest absolute Gasteiger partial charge is 0.175 e. The molecule has 0 amide bonds. The summed E-state index contributed by atoms with van der Waals surface area (Å²) in [5.74, 6) is 2.54. The number of unbranched alkanes of at least 4 members (excludes halogenated alkanes) is 1. The van der Waals surface area contributed by atoms with Gasteiger partial charge in [0.1, 0.15) is 23.6 Å². The van der Waals surface area contributed by atoms with Crippen LogP contribution in [0.2, 0.25) is 0 Å². The summed E-state index contributed by atoms with van der Waals surface area (Å²) in [7, 11) is 0. The number of rotatable bonds is 8. The molecule has 0 fully saturated rings. The summed E-state index contributed by atoms with van der Waals surface area (Å²) >= 11 is 3.43. The molecule has 0 radical (unpaired) electrons. The molecule has 3 N–H and O–H groups in total. The van der Waals surface area contributed by atoms with Crippen molar-refractivity contribution < 1.29 is 4.74 Å². The maximum atomic E-state index is 5.89. The van der Waals surface area contributed by atoms with Gasteiger partial charge >= 0.3 is 0 Å². The Labute approximate surface area is 149 Å². The lowest BCUT2D eigenvalue weighted by Gasteiger charge is -2.22. The number of hydrogen-bond donors (Lipinski definition) is 3.